The fourth-order valence-corrected chi connectivity index (χ4v) is 2.07. The van der Waals surface area contributed by atoms with Crippen LogP contribution in [-0.2, 0) is 0 Å². The lowest BCUT2D eigenvalue weighted by Gasteiger charge is -2.33. The lowest BCUT2D eigenvalue weighted by molar-refractivity contribution is 0.0486. The first-order chi connectivity index (χ1) is 8.25. The Labute approximate surface area is 107 Å². The Bertz CT molecular complexity index is 529. The first-order valence-electron chi connectivity index (χ1n) is 6.01. The number of benzene rings is 1. The van der Waals surface area contributed by atoms with Gasteiger partial charge in [0.05, 0.1) is 11.1 Å². The molecule has 1 heterocycles. The van der Waals surface area contributed by atoms with Crippen molar-refractivity contribution in [2.75, 3.05) is 5.73 Å². The van der Waals surface area contributed by atoms with E-state index >= 15 is 0 Å². The van der Waals surface area contributed by atoms with Gasteiger partial charge >= 0.3 is 0 Å². The van der Waals surface area contributed by atoms with Crippen molar-refractivity contribution < 1.29 is 9.59 Å². The second-order valence-electron chi connectivity index (χ2n) is 5.79. The Morgan fingerprint density at radius 2 is 1.78 bits per heavy atom. The van der Waals surface area contributed by atoms with Crippen LogP contribution in [0, 0.1) is 5.41 Å². The minimum Gasteiger partial charge on any atom is -0.398 e. The van der Waals surface area contributed by atoms with Crippen molar-refractivity contribution in [3.05, 3.63) is 29.3 Å². The molecule has 0 saturated heterocycles. The molecule has 2 amide bonds. The molecule has 2 N–H and O–H groups in total. The van der Waals surface area contributed by atoms with Gasteiger partial charge < -0.3 is 5.73 Å². The molecule has 1 unspecified atom stereocenters. The van der Waals surface area contributed by atoms with E-state index < -0.39 is 0 Å². The maximum atomic E-state index is 12.3. The van der Waals surface area contributed by atoms with E-state index in [4.69, 9.17) is 5.73 Å². The summed E-state index contributed by atoms with van der Waals surface area (Å²) < 4.78 is 0. The molecule has 0 spiro atoms. The van der Waals surface area contributed by atoms with E-state index in [2.05, 4.69) is 0 Å². The quantitative estimate of drug-likeness (QED) is 0.611. The molecule has 96 valence electrons. The third kappa shape index (κ3) is 1.68. The summed E-state index contributed by atoms with van der Waals surface area (Å²) in [6.07, 6.45) is 0. The number of fused-ring (bicyclic) bond motifs is 1. The second kappa shape index (κ2) is 3.83. The Morgan fingerprint density at radius 3 is 2.28 bits per heavy atom. The van der Waals surface area contributed by atoms with Gasteiger partial charge in [-0.3, -0.25) is 14.5 Å². The largest absolute Gasteiger partial charge is 0.398 e. The zero-order valence-electron chi connectivity index (χ0n) is 11.2. The van der Waals surface area contributed by atoms with Gasteiger partial charge in [-0.25, -0.2) is 0 Å². The second-order valence-corrected chi connectivity index (χ2v) is 5.79. The molecule has 2 rings (SSSR count). The highest BCUT2D eigenvalue weighted by molar-refractivity contribution is 6.23. The highest BCUT2D eigenvalue weighted by Gasteiger charge is 2.42. The van der Waals surface area contributed by atoms with Crippen molar-refractivity contribution >= 4 is 17.5 Å². The van der Waals surface area contributed by atoms with Crippen molar-refractivity contribution in [2.45, 2.75) is 33.7 Å². The number of amides is 2. The van der Waals surface area contributed by atoms with Crippen molar-refractivity contribution in [1.82, 2.24) is 4.90 Å². The predicted molar refractivity (Wildman–Crippen MR) is 70.3 cm³/mol. The molecular formula is C14H18N2O2. The minimum absolute atomic E-state index is 0.165. The van der Waals surface area contributed by atoms with Crippen LogP contribution < -0.4 is 5.73 Å². The Balaban J connectivity index is 2.50. The molecular weight excluding hydrogens is 228 g/mol. The zero-order valence-corrected chi connectivity index (χ0v) is 11.2. The lowest BCUT2D eigenvalue weighted by Crippen LogP contribution is -2.45. The SMILES string of the molecule is CC(N1C(=O)c2cccc(N)c2C1=O)C(C)(C)C. The summed E-state index contributed by atoms with van der Waals surface area (Å²) >= 11 is 0. The monoisotopic (exact) mass is 246 g/mol. The Hall–Kier alpha value is -1.84. The van der Waals surface area contributed by atoms with Crippen LogP contribution in [0.3, 0.4) is 0 Å². The van der Waals surface area contributed by atoms with Crippen molar-refractivity contribution in [3.8, 4) is 0 Å². The van der Waals surface area contributed by atoms with Crippen LogP contribution in [-0.4, -0.2) is 22.8 Å². The standard InChI is InChI=1S/C14H18N2O2/c1-8(14(2,3)4)16-12(17)9-6-5-7-10(15)11(9)13(16)18/h5-8H,15H2,1-4H3. The summed E-state index contributed by atoms with van der Waals surface area (Å²) in [5, 5.41) is 0. The summed E-state index contributed by atoms with van der Waals surface area (Å²) in [7, 11) is 0. The number of carbonyl (C=O) groups excluding carboxylic acids is 2. The third-order valence-corrected chi connectivity index (χ3v) is 3.62. The molecule has 1 aromatic rings. The van der Waals surface area contributed by atoms with Gasteiger partial charge in [0.15, 0.2) is 0 Å². The smallest absolute Gasteiger partial charge is 0.263 e. The number of nitrogen functional groups attached to an aromatic ring is 1. The molecule has 18 heavy (non-hydrogen) atoms. The molecule has 0 aliphatic carbocycles. The topological polar surface area (TPSA) is 63.4 Å². The number of anilines is 1. The molecule has 4 heteroatoms. The predicted octanol–water partition coefficient (Wildman–Crippen LogP) is 2.30. The summed E-state index contributed by atoms with van der Waals surface area (Å²) in [5.74, 6) is -0.528. The van der Waals surface area contributed by atoms with Crippen LogP contribution in [0.1, 0.15) is 48.4 Å². The number of carbonyl (C=O) groups is 2. The van der Waals surface area contributed by atoms with E-state index in [1.54, 1.807) is 18.2 Å². The Morgan fingerprint density at radius 1 is 1.17 bits per heavy atom. The molecule has 1 aromatic carbocycles. The van der Waals surface area contributed by atoms with Gasteiger partial charge in [0.2, 0.25) is 0 Å². The van der Waals surface area contributed by atoms with Gasteiger partial charge in [-0.2, -0.15) is 0 Å². The number of nitrogens with zero attached hydrogens (tertiary/aromatic N) is 1. The molecule has 4 nitrogen and oxygen atoms in total. The van der Waals surface area contributed by atoms with Crippen molar-refractivity contribution in [2.24, 2.45) is 5.41 Å². The number of hydrogen-bond acceptors (Lipinski definition) is 3. The van der Waals surface area contributed by atoms with Crippen LogP contribution in [0.5, 0.6) is 0 Å². The van der Waals surface area contributed by atoms with Gasteiger partial charge in [-0.05, 0) is 24.5 Å². The van der Waals surface area contributed by atoms with Gasteiger partial charge in [0, 0.05) is 11.7 Å². The fraction of sp³-hybridized carbons (Fsp3) is 0.429. The number of hydrogen-bond donors (Lipinski definition) is 1. The van der Waals surface area contributed by atoms with Crippen molar-refractivity contribution in [3.63, 3.8) is 0 Å². The van der Waals surface area contributed by atoms with Crippen LogP contribution >= 0.6 is 0 Å². The fourth-order valence-electron chi connectivity index (χ4n) is 2.07. The van der Waals surface area contributed by atoms with E-state index in [9.17, 15) is 9.59 Å². The van der Waals surface area contributed by atoms with Crippen LogP contribution in [0.4, 0.5) is 5.69 Å². The van der Waals surface area contributed by atoms with Crippen molar-refractivity contribution in [1.29, 1.82) is 0 Å². The Kier molecular flexibility index (Phi) is 2.69. The molecule has 1 aliphatic heterocycles. The molecule has 0 bridgehead atoms. The summed E-state index contributed by atoms with van der Waals surface area (Å²) in [5.41, 5.74) is 6.76. The number of imide groups is 1. The summed E-state index contributed by atoms with van der Waals surface area (Å²) in [4.78, 5) is 26.0. The van der Waals surface area contributed by atoms with Gasteiger partial charge in [-0.15, -0.1) is 0 Å². The van der Waals surface area contributed by atoms with Gasteiger partial charge in [0.25, 0.3) is 11.8 Å². The lowest BCUT2D eigenvalue weighted by atomic mass is 9.87. The van der Waals surface area contributed by atoms with E-state index in [-0.39, 0.29) is 23.3 Å². The first-order valence-corrected chi connectivity index (χ1v) is 6.01. The zero-order chi connectivity index (χ0) is 13.7. The van der Waals surface area contributed by atoms with Crippen LogP contribution in [0.25, 0.3) is 0 Å². The van der Waals surface area contributed by atoms with E-state index in [0.29, 0.717) is 16.8 Å². The van der Waals surface area contributed by atoms with Gasteiger partial charge in [-0.1, -0.05) is 26.8 Å². The highest BCUT2D eigenvalue weighted by Crippen LogP contribution is 2.33. The van der Waals surface area contributed by atoms with E-state index in [1.165, 1.54) is 4.90 Å². The first kappa shape index (κ1) is 12.6. The minimum atomic E-state index is -0.282. The molecule has 0 radical (unpaired) electrons. The molecule has 1 atom stereocenters. The van der Waals surface area contributed by atoms with Crippen LogP contribution in [0.2, 0.25) is 0 Å². The number of nitrogens with two attached hydrogens (primary N) is 1. The summed E-state index contributed by atoms with van der Waals surface area (Å²) in [6.45, 7) is 7.90. The maximum Gasteiger partial charge on any atom is 0.263 e. The van der Waals surface area contributed by atoms with E-state index in [1.807, 2.05) is 27.7 Å². The molecule has 0 fully saturated rings. The number of rotatable bonds is 1. The molecule has 0 saturated carbocycles. The van der Waals surface area contributed by atoms with Crippen LogP contribution in [0.15, 0.2) is 18.2 Å². The third-order valence-electron chi connectivity index (χ3n) is 3.62. The summed E-state index contributed by atoms with van der Waals surface area (Å²) in [6, 6.07) is 4.82. The normalized spacial score (nSPS) is 17.0. The highest BCUT2D eigenvalue weighted by atomic mass is 16.2. The molecule has 0 aromatic heterocycles. The van der Waals surface area contributed by atoms with Gasteiger partial charge in [0.1, 0.15) is 0 Å². The maximum absolute atomic E-state index is 12.3. The average molecular weight is 246 g/mol. The average Bonchev–Trinajstić information content (AvgIpc) is 2.51. The molecule has 1 aliphatic rings. The van der Waals surface area contributed by atoms with E-state index in [0.717, 1.165) is 0 Å².